The Balaban J connectivity index is 3.11. The molecule has 0 N–H and O–H groups in total. The Kier molecular flexibility index (Phi) is 4.98. The normalized spacial score (nSPS) is 11.5. The van der Waals surface area contributed by atoms with Gasteiger partial charge in [0.1, 0.15) is 11.6 Å². The van der Waals surface area contributed by atoms with Gasteiger partial charge in [0.15, 0.2) is 14.0 Å². The second-order valence-electron chi connectivity index (χ2n) is 3.31. The summed E-state index contributed by atoms with van der Waals surface area (Å²) >= 11 is 0.481. The molecule has 0 saturated carbocycles. The summed E-state index contributed by atoms with van der Waals surface area (Å²) in [5, 5.41) is 8.82. The van der Waals surface area contributed by atoms with Gasteiger partial charge in [0.25, 0.3) is 0 Å². The van der Waals surface area contributed by atoms with Crippen LogP contribution in [0.1, 0.15) is 25.3 Å². The molecule has 1 rings (SSSR count). The molecule has 100 valence electrons. The van der Waals surface area contributed by atoms with E-state index < -0.39 is 27.9 Å². The minimum absolute atomic E-state index is 0.144. The Morgan fingerprint density at radius 2 is 2.22 bits per heavy atom. The molecule has 0 aliphatic heterocycles. The maximum absolute atomic E-state index is 12.0. The first kappa shape index (κ1) is 14.8. The molecular weight excluding hydrogens is 286 g/mol. The smallest absolute Gasteiger partial charge is 0.388 e. The predicted molar refractivity (Wildman–Crippen MR) is 60.4 cm³/mol. The summed E-state index contributed by atoms with van der Waals surface area (Å²) in [5.41, 5.74) is -0.448. The molecule has 5 nitrogen and oxygen atoms in total. The number of unbranched alkanes of at least 4 members (excludes halogenated alkanes) is 1. The first-order valence-corrected chi connectivity index (χ1v) is 7.42. The number of hydrogen-bond donors (Lipinski definition) is 0. The van der Waals surface area contributed by atoms with Crippen molar-refractivity contribution in [1.82, 2.24) is 4.37 Å². The van der Waals surface area contributed by atoms with E-state index in [2.05, 4.69) is 9.11 Å². The van der Waals surface area contributed by atoms with Gasteiger partial charge < -0.3 is 4.74 Å². The number of halogens is 2. The van der Waals surface area contributed by atoms with E-state index in [1.54, 1.807) is 6.07 Å². The zero-order chi connectivity index (χ0) is 13.8. The van der Waals surface area contributed by atoms with Crippen LogP contribution < -0.4 is 4.74 Å². The SMILES string of the molecule is CCCCS(=O)(=O)c1snc(OC(F)F)c1C#N. The van der Waals surface area contributed by atoms with E-state index in [9.17, 15) is 17.2 Å². The number of hydrogen-bond acceptors (Lipinski definition) is 6. The van der Waals surface area contributed by atoms with Crippen molar-refractivity contribution in [1.29, 1.82) is 5.26 Å². The van der Waals surface area contributed by atoms with Crippen molar-refractivity contribution < 1.29 is 21.9 Å². The van der Waals surface area contributed by atoms with Crippen LogP contribution >= 0.6 is 11.5 Å². The van der Waals surface area contributed by atoms with Gasteiger partial charge in [-0.1, -0.05) is 13.3 Å². The Morgan fingerprint density at radius 1 is 1.56 bits per heavy atom. The Morgan fingerprint density at radius 3 is 2.72 bits per heavy atom. The Bertz CT molecular complexity index is 549. The molecule has 0 unspecified atom stereocenters. The molecule has 0 amide bonds. The maximum Gasteiger partial charge on any atom is 0.388 e. The van der Waals surface area contributed by atoms with Gasteiger partial charge in [-0.05, 0) is 18.0 Å². The van der Waals surface area contributed by atoms with E-state index >= 15 is 0 Å². The topological polar surface area (TPSA) is 80.1 Å². The Hall–Kier alpha value is -1.27. The average molecular weight is 296 g/mol. The van der Waals surface area contributed by atoms with Gasteiger partial charge in [-0.3, -0.25) is 0 Å². The number of aromatic nitrogens is 1. The van der Waals surface area contributed by atoms with Crippen LogP contribution in [0, 0.1) is 11.3 Å². The van der Waals surface area contributed by atoms with Crippen molar-refractivity contribution in [2.24, 2.45) is 0 Å². The van der Waals surface area contributed by atoms with E-state index in [0.717, 1.165) is 0 Å². The second kappa shape index (κ2) is 6.06. The summed E-state index contributed by atoms with van der Waals surface area (Å²) in [4.78, 5) is 0. The fourth-order valence-corrected chi connectivity index (χ4v) is 3.80. The lowest BCUT2D eigenvalue weighted by atomic mass is 10.4. The molecular formula is C9H10F2N2O3S2. The van der Waals surface area contributed by atoms with Crippen molar-refractivity contribution in [3.8, 4) is 11.9 Å². The summed E-state index contributed by atoms with van der Waals surface area (Å²) in [6.45, 7) is -1.33. The van der Waals surface area contributed by atoms with Crippen LogP contribution in [0.25, 0.3) is 0 Å². The van der Waals surface area contributed by atoms with Gasteiger partial charge in [0.2, 0.25) is 5.88 Å². The van der Waals surface area contributed by atoms with Gasteiger partial charge in [-0.2, -0.15) is 18.4 Å². The van der Waals surface area contributed by atoms with Gasteiger partial charge in [-0.15, -0.1) is 0 Å². The standard InChI is InChI=1S/C9H10F2N2O3S2/c1-2-3-4-18(14,15)8-6(5-12)7(13-17-8)16-9(10)11/h9H,2-4H2,1H3. The molecule has 1 aromatic heterocycles. The number of nitrogens with zero attached hydrogens (tertiary/aromatic N) is 2. The molecule has 0 atom stereocenters. The van der Waals surface area contributed by atoms with E-state index in [1.165, 1.54) is 0 Å². The molecule has 0 radical (unpaired) electrons. The molecule has 0 aliphatic carbocycles. The summed E-state index contributed by atoms with van der Waals surface area (Å²) in [5.74, 6) is -0.776. The van der Waals surface area contributed by atoms with E-state index in [0.29, 0.717) is 24.4 Å². The maximum atomic E-state index is 12.0. The summed E-state index contributed by atoms with van der Waals surface area (Å²) in [6.07, 6.45) is 1.09. The number of alkyl halides is 2. The summed E-state index contributed by atoms with van der Waals surface area (Å²) in [6, 6.07) is 1.54. The molecule has 0 bridgehead atoms. The molecule has 18 heavy (non-hydrogen) atoms. The van der Waals surface area contributed by atoms with Crippen molar-refractivity contribution in [3.05, 3.63) is 5.56 Å². The fraction of sp³-hybridized carbons (Fsp3) is 0.556. The monoisotopic (exact) mass is 296 g/mol. The van der Waals surface area contributed by atoms with E-state index in [-0.39, 0.29) is 9.96 Å². The average Bonchev–Trinajstić information content (AvgIpc) is 2.69. The predicted octanol–water partition coefficient (Wildman–Crippen LogP) is 2.19. The third kappa shape index (κ3) is 3.36. The fourth-order valence-electron chi connectivity index (χ4n) is 1.16. The lowest BCUT2D eigenvalue weighted by molar-refractivity contribution is -0.0525. The van der Waals surface area contributed by atoms with Crippen LogP contribution in [0.3, 0.4) is 0 Å². The zero-order valence-electron chi connectivity index (χ0n) is 9.39. The first-order valence-electron chi connectivity index (χ1n) is 4.99. The quantitative estimate of drug-likeness (QED) is 0.804. The second-order valence-corrected chi connectivity index (χ2v) is 6.39. The van der Waals surface area contributed by atoms with Gasteiger partial charge in [0, 0.05) is 0 Å². The first-order chi connectivity index (χ1) is 8.42. The Labute approximate surface area is 107 Å². The van der Waals surface area contributed by atoms with Crippen molar-refractivity contribution >= 4 is 21.4 Å². The highest BCUT2D eigenvalue weighted by atomic mass is 32.2. The van der Waals surface area contributed by atoms with Gasteiger partial charge in [0.05, 0.1) is 5.75 Å². The van der Waals surface area contributed by atoms with E-state index in [4.69, 9.17) is 5.26 Å². The number of sulfone groups is 1. The largest absolute Gasteiger partial charge is 0.414 e. The minimum atomic E-state index is -3.67. The highest BCUT2D eigenvalue weighted by Crippen LogP contribution is 2.30. The molecule has 0 aliphatic rings. The van der Waals surface area contributed by atoms with Crippen LogP contribution in [0.15, 0.2) is 4.21 Å². The van der Waals surface area contributed by atoms with Crippen LogP contribution in [0.2, 0.25) is 0 Å². The van der Waals surface area contributed by atoms with Crippen LogP contribution in [-0.2, 0) is 9.84 Å². The van der Waals surface area contributed by atoms with Crippen molar-refractivity contribution in [2.45, 2.75) is 30.6 Å². The van der Waals surface area contributed by atoms with Crippen LogP contribution in [-0.4, -0.2) is 25.2 Å². The van der Waals surface area contributed by atoms with Gasteiger partial charge >= 0.3 is 6.61 Å². The third-order valence-corrected chi connectivity index (χ3v) is 5.20. The van der Waals surface area contributed by atoms with Gasteiger partial charge in [-0.25, -0.2) is 8.42 Å². The minimum Gasteiger partial charge on any atom is -0.414 e. The molecule has 0 aromatic carbocycles. The van der Waals surface area contributed by atoms with Crippen LogP contribution in [0.5, 0.6) is 5.88 Å². The summed E-state index contributed by atoms with van der Waals surface area (Å²) < 4.78 is 54.9. The molecule has 0 spiro atoms. The molecule has 1 aromatic rings. The zero-order valence-corrected chi connectivity index (χ0v) is 11.0. The lowest BCUT2D eigenvalue weighted by Gasteiger charge is -2.01. The van der Waals surface area contributed by atoms with Crippen molar-refractivity contribution in [3.63, 3.8) is 0 Å². The molecule has 0 fully saturated rings. The lowest BCUT2D eigenvalue weighted by Crippen LogP contribution is -2.07. The number of nitriles is 1. The number of rotatable bonds is 6. The highest BCUT2D eigenvalue weighted by Gasteiger charge is 2.27. The van der Waals surface area contributed by atoms with E-state index in [1.807, 2.05) is 6.92 Å². The molecule has 0 saturated heterocycles. The molecule has 1 heterocycles. The van der Waals surface area contributed by atoms with Crippen LogP contribution in [0.4, 0.5) is 8.78 Å². The summed E-state index contributed by atoms with van der Waals surface area (Å²) in [7, 11) is -3.67. The third-order valence-electron chi connectivity index (χ3n) is 1.99. The number of ether oxygens (including phenoxy) is 1. The van der Waals surface area contributed by atoms with Crippen molar-refractivity contribution in [2.75, 3.05) is 5.75 Å². The molecule has 9 heteroatoms. The highest BCUT2D eigenvalue weighted by molar-refractivity contribution is 7.93.